The summed E-state index contributed by atoms with van der Waals surface area (Å²) in [5, 5.41) is 6.67. The van der Waals surface area contributed by atoms with Gasteiger partial charge in [-0.05, 0) is 36.3 Å². The molecule has 0 atom stereocenters. The fraction of sp³-hybridized carbons (Fsp3) is 0.214. The van der Waals surface area contributed by atoms with Crippen molar-refractivity contribution in [1.82, 2.24) is 5.16 Å². The predicted molar refractivity (Wildman–Crippen MR) is 77.8 cm³/mol. The highest BCUT2D eigenvalue weighted by Crippen LogP contribution is 2.13. The van der Waals surface area contributed by atoms with E-state index in [2.05, 4.69) is 10.5 Å². The van der Waals surface area contributed by atoms with E-state index in [0.29, 0.717) is 16.5 Å². The summed E-state index contributed by atoms with van der Waals surface area (Å²) in [5.74, 6) is -0.411. The summed E-state index contributed by atoms with van der Waals surface area (Å²) < 4.78 is 14.6. The molecule has 0 spiro atoms. The zero-order valence-corrected chi connectivity index (χ0v) is 12.4. The molecule has 1 amide bonds. The molecule has 0 aliphatic carbocycles. The smallest absolute Gasteiger partial charge is 0.344 e. The molecule has 1 aromatic carbocycles. The van der Waals surface area contributed by atoms with Crippen LogP contribution in [0.25, 0.3) is 0 Å². The Morgan fingerprint density at radius 2 is 2.00 bits per heavy atom. The third-order valence-corrected chi connectivity index (χ3v) is 2.69. The first kappa shape index (κ1) is 15.8. The number of esters is 1. The third kappa shape index (κ3) is 5.10. The molecule has 2 rings (SSSR count). The van der Waals surface area contributed by atoms with E-state index in [1.807, 2.05) is 0 Å². The van der Waals surface area contributed by atoms with Crippen LogP contribution in [0.5, 0.6) is 5.88 Å². The van der Waals surface area contributed by atoms with Crippen LogP contribution in [0.3, 0.4) is 0 Å². The highest BCUT2D eigenvalue weighted by Gasteiger charge is 2.10. The molecule has 0 unspecified atom stereocenters. The topological polar surface area (TPSA) is 90.7 Å². The van der Waals surface area contributed by atoms with E-state index in [9.17, 15) is 9.59 Å². The maximum atomic E-state index is 11.6. The van der Waals surface area contributed by atoms with Crippen molar-refractivity contribution in [3.05, 3.63) is 41.1 Å². The molecular weight excluding hydrogens is 312 g/mol. The SMILES string of the molecule is Cc1cc(OCC(=O)OCC(=O)Nc2ccc(Cl)cc2)no1. The van der Waals surface area contributed by atoms with E-state index in [0.717, 1.165) is 0 Å². The van der Waals surface area contributed by atoms with Gasteiger partial charge in [0.15, 0.2) is 13.2 Å². The minimum absolute atomic E-state index is 0.181. The van der Waals surface area contributed by atoms with Gasteiger partial charge in [0.1, 0.15) is 5.76 Å². The molecule has 1 heterocycles. The maximum absolute atomic E-state index is 11.6. The van der Waals surface area contributed by atoms with Crippen molar-refractivity contribution in [3.8, 4) is 5.88 Å². The second kappa shape index (κ2) is 7.46. The van der Waals surface area contributed by atoms with Gasteiger partial charge >= 0.3 is 5.97 Å². The Balaban J connectivity index is 1.69. The average molecular weight is 325 g/mol. The Morgan fingerprint density at radius 1 is 1.27 bits per heavy atom. The molecule has 22 heavy (non-hydrogen) atoms. The number of anilines is 1. The number of amides is 1. The first-order chi connectivity index (χ1) is 10.5. The molecule has 0 bridgehead atoms. The Hall–Kier alpha value is -2.54. The number of nitrogens with one attached hydrogen (secondary N) is 1. The van der Waals surface area contributed by atoms with Crippen molar-refractivity contribution in [2.75, 3.05) is 18.5 Å². The van der Waals surface area contributed by atoms with Crippen molar-refractivity contribution in [2.45, 2.75) is 6.92 Å². The van der Waals surface area contributed by atoms with Crippen LogP contribution in [0.4, 0.5) is 5.69 Å². The molecule has 1 N–H and O–H groups in total. The van der Waals surface area contributed by atoms with Crippen LogP contribution in [0, 0.1) is 6.92 Å². The maximum Gasteiger partial charge on any atom is 0.344 e. The number of benzene rings is 1. The zero-order chi connectivity index (χ0) is 15.9. The van der Waals surface area contributed by atoms with Crippen LogP contribution >= 0.6 is 11.6 Å². The van der Waals surface area contributed by atoms with Gasteiger partial charge in [0.25, 0.3) is 11.8 Å². The third-order valence-electron chi connectivity index (χ3n) is 2.44. The normalized spacial score (nSPS) is 10.1. The molecule has 1 aromatic heterocycles. The van der Waals surface area contributed by atoms with E-state index >= 15 is 0 Å². The summed E-state index contributed by atoms with van der Waals surface area (Å²) in [6.45, 7) is 0.919. The van der Waals surface area contributed by atoms with Crippen molar-refractivity contribution in [3.63, 3.8) is 0 Å². The number of ether oxygens (including phenoxy) is 2. The summed E-state index contributed by atoms with van der Waals surface area (Å²) in [5.41, 5.74) is 0.555. The number of aromatic nitrogens is 1. The molecule has 0 saturated carbocycles. The molecule has 116 valence electrons. The van der Waals surface area contributed by atoms with Gasteiger partial charge in [-0.1, -0.05) is 11.6 Å². The molecule has 8 heteroatoms. The van der Waals surface area contributed by atoms with Crippen LogP contribution in [-0.2, 0) is 14.3 Å². The molecule has 0 radical (unpaired) electrons. The molecular formula is C14H13ClN2O5. The Morgan fingerprint density at radius 3 is 2.64 bits per heavy atom. The van der Waals surface area contributed by atoms with Crippen LogP contribution in [0.1, 0.15) is 5.76 Å². The average Bonchev–Trinajstić information content (AvgIpc) is 2.91. The van der Waals surface area contributed by atoms with Gasteiger partial charge < -0.3 is 19.3 Å². The standard InChI is InChI=1S/C14H13ClN2O5/c1-9-6-13(17-22-9)20-8-14(19)21-7-12(18)16-11-4-2-10(15)3-5-11/h2-6H,7-8H2,1H3,(H,16,18). The minimum atomic E-state index is -0.688. The lowest BCUT2D eigenvalue weighted by molar-refractivity contribution is -0.149. The van der Waals surface area contributed by atoms with Gasteiger partial charge in [0, 0.05) is 16.8 Å². The number of hydrogen-bond acceptors (Lipinski definition) is 6. The van der Waals surface area contributed by atoms with Gasteiger partial charge in [-0.3, -0.25) is 4.79 Å². The lowest BCUT2D eigenvalue weighted by Crippen LogP contribution is -2.23. The largest absolute Gasteiger partial charge is 0.463 e. The first-order valence-corrected chi connectivity index (χ1v) is 6.68. The molecule has 0 fully saturated rings. The van der Waals surface area contributed by atoms with Gasteiger partial charge in [-0.25, -0.2) is 4.79 Å². The van der Waals surface area contributed by atoms with E-state index in [1.165, 1.54) is 6.07 Å². The number of rotatable bonds is 6. The van der Waals surface area contributed by atoms with Crippen LogP contribution in [-0.4, -0.2) is 30.2 Å². The fourth-order valence-electron chi connectivity index (χ4n) is 1.46. The van der Waals surface area contributed by atoms with E-state index in [1.54, 1.807) is 31.2 Å². The quantitative estimate of drug-likeness (QED) is 0.819. The minimum Gasteiger partial charge on any atom is -0.463 e. The van der Waals surface area contributed by atoms with Crippen molar-refractivity contribution >= 4 is 29.2 Å². The lowest BCUT2D eigenvalue weighted by Gasteiger charge is -2.06. The predicted octanol–water partition coefficient (Wildman–Crippen LogP) is 2.20. The van der Waals surface area contributed by atoms with Gasteiger partial charge in [-0.15, -0.1) is 0 Å². The number of carbonyl (C=O) groups excluding carboxylic acids is 2. The summed E-state index contributed by atoms with van der Waals surface area (Å²) >= 11 is 5.73. The van der Waals surface area contributed by atoms with Crippen molar-refractivity contribution < 1.29 is 23.6 Å². The van der Waals surface area contributed by atoms with Crippen molar-refractivity contribution in [1.29, 1.82) is 0 Å². The number of halogens is 1. The van der Waals surface area contributed by atoms with Gasteiger partial charge in [-0.2, -0.15) is 0 Å². The zero-order valence-electron chi connectivity index (χ0n) is 11.7. The van der Waals surface area contributed by atoms with Crippen LogP contribution in [0.2, 0.25) is 5.02 Å². The van der Waals surface area contributed by atoms with Crippen LogP contribution < -0.4 is 10.1 Å². The van der Waals surface area contributed by atoms with Gasteiger partial charge in [0.2, 0.25) is 0 Å². The molecule has 0 aliphatic heterocycles. The highest BCUT2D eigenvalue weighted by atomic mass is 35.5. The molecule has 2 aromatic rings. The summed E-state index contributed by atoms with van der Waals surface area (Å²) in [6, 6.07) is 8.07. The van der Waals surface area contributed by atoms with Gasteiger partial charge in [0.05, 0.1) is 0 Å². The van der Waals surface area contributed by atoms with Crippen LogP contribution in [0.15, 0.2) is 34.9 Å². The second-order valence-corrected chi connectivity index (χ2v) is 4.72. The molecule has 7 nitrogen and oxygen atoms in total. The number of hydrogen-bond donors (Lipinski definition) is 1. The fourth-order valence-corrected chi connectivity index (χ4v) is 1.59. The highest BCUT2D eigenvalue weighted by molar-refractivity contribution is 6.30. The number of aryl methyl sites for hydroxylation is 1. The number of carbonyl (C=O) groups is 2. The number of nitrogens with zero attached hydrogens (tertiary/aromatic N) is 1. The lowest BCUT2D eigenvalue weighted by atomic mass is 10.3. The Labute approximate surface area is 131 Å². The summed E-state index contributed by atoms with van der Waals surface area (Å²) in [7, 11) is 0. The second-order valence-electron chi connectivity index (χ2n) is 4.28. The summed E-state index contributed by atoms with van der Waals surface area (Å²) in [4.78, 5) is 23.0. The Bertz CT molecular complexity index is 654. The first-order valence-electron chi connectivity index (χ1n) is 6.30. The van der Waals surface area contributed by atoms with E-state index in [4.69, 9.17) is 25.6 Å². The van der Waals surface area contributed by atoms with E-state index in [-0.39, 0.29) is 12.5 Å². The Kier molecular flexibility index (Phi) is 5.37. The molecule has 0 saturated heterocycles. The summed E-state index contributed by atoms with van der Waals surface area (Å²) in [6.07, 6.45) is 0. The monoisotopic (exact) mass is 324 g/mol. The van der Waals surface area contributed by atoms with Crippen molar-refractivity contribution in [2.24, 2.45) is 0 Å². The molecule has 0 aliphatic rings. The van der Waals surface area contributed by atoms with E-state index < -0.39 is 18.5 Å².